The van der Waals surface area contributed by atoms with Gasteiger partial charge in [0.25, 0.3) is 0 Å². The highest BCUT2D eigenvalue weighted by atomic mass is 16.4. The van der Waals surface area contributed by atoms with Crippen LogP contribution in [0.15, 0.2) is 0 Å². The molecule has 0 bridgehead atoms. The Kier molecular flexibility index (Phi) is 2.77. The molecule has 2 aliphatic carbocycles. The monoisotopic (exact) mass is 197 g/mol. The molecule has 0 aromatic carbocycles. The van der Waals surface area contributed by atoms with E-state index in [-0.39, 0.29) is 6.04 Å². The molecular formula is C11H19NO2. The second kappa shape index (κ2) is 3.89. The molecule has 2 fully saturated rings. The third-order valence-electron chi connectivity index (χ3n) is 3.66. The molecule has 2 atom stereocenters. The molecule has 0 aromatic rings. The zero-order chi connectivity index (χ0) is 10.1. The maximum absolute atomic E-state index is 11.0. The lowest BCUT2D eigenvalue weighted by Crippen LogP contribution is -2.47. The standard InChI is InChI=1S/C11H19NO2/c1-7(8-3-2-4-8)12-10(11(13)14)9-5-6-9/h7-10,12H,2-6H2,1H3,(H,13,14). The van der Waals surface area contributed by atoms with Gasteiger partial charge in [0, 0.05) is 6.04 Å². The summed E-state index contributed by atoms with van der Waals surface area (Å²) in [6, 6.07) is 0.0936. The van der Waals surface area contributed by atoms with E-state index in [4.69, 9.17) is 5.11 Å². The number of carbonyl (C=O) groups is 1. The smallest absolute Gasteiger partial charge is 0.320 e. The van der Waals surface area contributed by atoms with E-state index in [2.05, 4.69) is 12.2 Å². The molecule has 0 radical (unpaired) electrons. The highest BCUT2D eigenvalue weighted by Gasteiger charge is 2.38. The summed E-state index contributed by atoms with van der Waals surface area (Å²) in [6.45, 7) is 2.13. The van der Waals surface area contributed by atoms with Gasteiger partial charge in [0.1, 0.15) is 6.04 Å². The van der Waals surface area contributed by atoms with Crippen LogP contribution in [0.5, 0.6) is 0 Å². The normalized spacial score (nSPS) is 26.6. The molecule has 3 nitrogen and oxygen atoms in total. The molecule has 0 saturated heterocycles. The van der Waals surface area contributed by atoms with Crippen molar-refractivity contribution in [3.8, 4) is 0 Å². The van der Waals surface area contributed by atoms with E-state index in [1.807, 2.05) is 0 Å². The Morgan fingerprint density at radius 3 is 2.29 bits per heavy atom. The molecule has 0 aromatic heterocycles. The van der Waals surface area contributed by atoms with Crippen molar-refractivity contribution in [2.24, 2.45) is 11.8 Å². The van der Waals surface area contributed by atoms with E-state index in [0.29, 0.717) is 12.0 Å². The SMILES string of the molecule is CC(NC(C(=O)O)C1CC1)C1CCC1. The first kappa shape index (κ1) is 9.97. The van der Waals surface area contributed by atoms with Crippen LogP contribution in [0.25, 0.3) is 0 Å². The minimum absolute atomic E-state index is 0.286. The summed E-state index contributed by atoms with van der Waals surface area (Å²) < 4.78 is 0. The first-order valence-corrected chi connectivity index (χ1v) is 5.67. The zero-order valence-electron chi connectivity index (χ0n) is 8.70. The summed E-state index contributed by atoms with van der Waals surface area (Å²) in [5, 5.41) is 12.3. The molecule has 2 saturated carbocycles. The summed E-state index contributed by atoms with van der Waals surface area (Å²) in [7, 11) is 0. The second-order valence-electron chi connectivity index (χ2n) is 4.80. The average Bonchev–Trinajstić information content (AvgIpc) is 2.78. The predicted octanol–water partition coefficient (Wildman–Crippen LogP) is 1.63. The third kappa shape index (κ3) is 2.08. The average molecular weight is 197 g/mol. The van der Waals surface area contributed by atoms with Crippen LogP contribution >= 0.6 is 0 Å². The lowest BCUT2D eigenvalue weighted by atomic mass is 9.80. The van der Waals surface area contributed by atoms with Crippen molar-refractivity contribution < 1.29 is 9.90 Å². The van der Waals surface area contributed by atoms with Gasteiger partial charge < -0.3 is 10.4 Å². The van der Waals surface area contributed by atoms with Crippen LogP contribution in [0.2, 0.25) is 0 Å². The summed E-state index contributed by atoms with van der Waals surface area (Å²) >= 11 is 0. The predicted molar refractivity (Wildman–Crippen MR) is 54.1 cm³/mol. The number of hydrogen-bond acceptors (Lipinski definition) is 2. The maximum atomic E-state index is 11.0. The molecule has 2 N–H and O–H groups in total. The molecule has 0 spiro atoms. The Bertz CT molecular complexity index is 221. The molecule has 0 heterocycles. The van der Waals surface area contributed by atoms with E-state index in [0.717, 1.165) is 18.8 Å². The number of rotatable bonds is 5. The fourth-order valence-corrected chi connectivity index (χ4v) is 2.20. The van der Waals surface area contributed by atoms with Gasteiger partial charge in [-0.3, -0.25) is 4.79 Å². The zero-order valence-corrected chi connectivity index (χ0v) is 8.70. The Morgan fingerprint density at radius 1 is 1.29 bits per heavy atom. The van der Waals surface area contributed by atoms with E-state index in [1.54, 1.807) is 0 Å². The molecule has 0 amide bonds. The number of hydrogen-bond donors (Lipinski definition) is 2. The van der Waals surface area contributed by atoms with Crippen molar-refractivity contribution >= 4 is 5.97 Å². The minimum atomic E-state index is -0.668. The van der Waals surface area contributed by atoms with Gasteiger partial charge in [0.2, 0.25) is 0 Å². The second-order valence-corrected chi connectivity index (χ2v) is 4.80. The molecule has 80 valence electrons. The van der Waals surface area contributed by atoms with Crippen molar-refractivity contribution in [3.05, 3.63) is 0 Å². The van der Waals surface area contributed by atoms with Gasteiger partial charge in [-0.25, -0.2) is 0 Å². The van der Waals surface area contributed by atoms with Gasteiger partial charge in [-0.05, 0) is 44.4 Å². The van der Waals surface area contributed by atoms with Crippen molar-refractivity contribution in [3.63, 3.8) is 0 Å². The first-order chi connectivity index (χ1) is 6.68. The fourth-order valence-electron chi connectivity index (χ4n) is 2.20. The fraction of sp³-hybridized carbons (Fsp3) is 0.909. The molecule has 14 heavy (non-hydrogen) atoms. The van der Waals surface area contributed by atoms with E-state index in [9.17, 15) is 4.79 Å². The third-order valence-corrected chi connectivity index (χ3v) is 3.66. The number of carboxylic acids is 1. The number of nitrogens with one attached hydrogen (secondary N) is 1. The van der Waals surface area contributed by atoms with Crippen molar-refractivity contribution in [2.75, 3.05) is 0 Å². The molecule has 2 aliphatic rings. The van der Waals surface area contributed by atoms with Gasteiger partial charge in [0.15, 0.2) is 0 Å². The van der Waals surface area contributed by atoms with Crippen LogP contribution in [-0.4, -0.2) is 23.2 Å². The highest BCUT2D eigenvalue weighted by molar-refractivity contribution is 5.74. The van der Waals surface area contributed by atoms with Crippen molar-refractivity contribution in [1.29, 1.82) is 0 Å². The highest BCUT2D eigenvalue weighted by Crippen LogP contribution is 2.35. The van der Waals surface area contributed by atoms with Gasteiger partial charge in [-0.15, -0.1) is 0 Å². The van der Waals surface area contributed by atoms with Gasteiger partial charge >= 0.3 is 5.97 Å². The molecule has 0 aliphatic heterocycles. The van der Waals surface area contributed by atoms with Crippen LogP contribution in [-0.2, 0) is 4.79 Å². The Balaban J connectivity index is 1.82. The number of carboxylic acid groups (broad SMARTS) is 1. The maximum Gasteiger partial charge on any atom is 0.320 e. The van der Waals surface area contributed by atoms with Crippen molar-refractivity contribution in [1.82, 2.24) is 5.32 Å². The lowest BCUT2D eigenvalue weighted by Gasteiger charge is -2.33. The summed E-state index contributed by atoms with van der Waals surface area (Å²) in [5.74, 6) is 0.448. The topological polar surface area (TPSA) is 49.3 Å². The summed E-state index contributed by atoms with van der Waals surface area (Å²) in [4.78, 5) is 11.0. The van der Waals surface area contributed by atoms with Crippen LogP contribution in [0.1, 0.15) is 39.0 Å². The Labute approximate surface area is 84.9 Å². The number of aliphatic carboxylic acids is 1. The van der Waals surface area contributed by atoms with Crippen LogP contribution < -0.4 is 5.32 Å². The largest absolute Gasteiger partial charge is 0.480 e. The van der Waals surface area contributed by atoms with E-state index < -0.39 is 5.97 Å². The summed E-state index contributed by atoms with van der Waals surface area (Å²) in [6.07, 6.45) is 6.02. The van der Waals surface area contributed by atoms with Crippen LogP contribution in [0.4, 0.5) is 0 Å². The molecular weight excluding hydrogens is 178 g/mol. The van der Waals surface area contributed by atoms with Crippen LogP contribution in [0, 0.1) is 11.8 Å². The van der Waals surface area contributed by atoms with Crippen molar-refractivity contribution in [2.45, 2.75) is 51.1 Å². The quantitative estimate of drug-likeness (QED) is 0.704. The van der Waals surface area contributed by atoms with Gasteiger partial charge in [-0.2, -0.15) is 0 Å². The Hall–Kier alpha value is -0.570. The lowest BCUT2D eigenvalue weighted by molar-refractivity contribution is -0.140. The van der Waals surface area contributed by atoms with E-state index >= 15 is 0 Å². The minimum Gasteiger partial charge on any atom is -0.480 e. The molecule has 3 heteroatoms. The van der Waals surface area contributed by atoms with Crippen LogP contribution in [0.3, 0.4) is 0 Å². The van der Waals surface area contributed by atoms with E-state index in [1.165, 1.54) is 19.3 Å². The molecule has 2 unspecified atom stereocenters. The van der Waals surface area contributed by atoms with Gasteiger partial charge in [-0.1, -0.05) is 6.42 Å². The van der Waals surface area contributed by atoms with Gasteiger partial charge in [0.05, 0.1) is 0 Å². The summed E-state index contributed by atoms with van der Waals surface area (Å²) in [5.41, 5.74) is 0. The first-order valence-electron chi connectivity index (χ1n) is 5.67. The Morgan fingerprint density at radius 2 is 1.93 bits per heavy atom. The molecule has 2 rings (SSSR count).